The molecule has 0 aliphatic heterocycles. The number of carbonyl (C=O) groups excluding carboxylic acids is 2. The highest BCUT2D eigenvalue weighted by atomic mass is 79.9. The van der Waals surface area contributed by atoms with Gasteiger partial charge in [0.1, 0.15) is 17.7 Å². The second-order valence-corrected chi connectivity index (χ2v) is 8.65. The van der Waals surface area contributed by atoms with Crippen molar-refractivity contribution in [2.75, 3.05) is 0 Å². The van der Waals surface area contributed by atoms with Crippen LogP contribution in [0.15, 0.2) is 34.8 Å². The van der Waals surface area contributed by atoms with E-state index in [1.54, 1.807) is 20.8 Å². The molecule has 0 bridgehead atoms. The molecule has 6 heteroatoms. The number of rotatable bonds is 6. The maximum Gasteiger partial charge on any atom is 0.408 e. The fourth-order valence-electron chi connectivity index (χ4n) is 2.87. The van der Waals surface area contributed by atoms with Gasteiger partial charge in [0.25, 0.3) is 0 Å². The second kappa shape index (κ2) is 9.93. The van der Waals surface area contributed by atoms with Gasteiger partial charge in [0, 0.05) is 4.47 Å². The molecule has 0 spiro atoms. The van der Waals surface area contributed by atoms with E-state index in [0.29, 0.717) is 6.42 Å². The summed E-state index contributed by atoms with van der Waals surface area (Å²) in [4.78, 5) is 24.7. The first-order valence-electron chi connectivity index (χ1n) is 9.35. The monoisotopic (exact) mass is 437 g/mol. The number of esters is 1. The van der Waals surface area contributed by atoms with Crippen LogP contribution in [0.1, 0.15) is 58.4 Å². The smallest absolute Gasteiger partial charge is 0.408 e. The van der Waals surface area contributed by atoms with Gasteiger partial charge < -0.3 is 14.8 Å². The standard InChI is InChI=1S/C21H28BrNO4/c1-21(2,3)27-20(25)23-18(19(24)26-17-11-4-5-12-17)13-7-9-15-8-6-10-16(22)14-15/h6-10,14,17-18H,4-5,11-13H2,1-3H3,(H,23,25)/b9-7+/t18-/m0/s1. The molecule has 2 rings (SSSR count). The van der Waals surface area contributed by atoms with Crippen molar-refractivity contribution in [2.45, 2.75) is 70.6 Å². The summed E-state index contributed by atoms with van der Waals surface area (Å²) in [7, 11) is 0. The van der Waals surface area contributed by atoms with Crippen LogP contribution in [0.2, 0.25) is 0 Å². The molecule has 1 aromatic rings. The van der Waals surface area contributed by atoms with Crippen LogP contribution in [0.5, 0.6) is 0 Å². The van der Waals surface area contributed by atoms with Gasteiger partial charge in [-0.3, -0.25) is 0 Å². The Morgan fingerprint density at radius 1 is 1.30 bits per heavy atom. The molecule has 148 valence electrons. The molecule has 1 N–H and O–H groups in total. The zero-order chi connectivity index (χ0) is 19.9. The Labute approximate surface area is 169 Å². The number of benzene rings is 1. The first-order chi connectivity index (χ1) is 12.7. The number of nitrogens with one attached hydrogen (secondary N) is 1. The minimum absolute atomic E-state index is 0.0468. The highest BCUT2D eigenvalue weighted by Crippen LogP contribution is 2.22. The second-order valence-electron chi connectivity index (χ2n) is 7.74. The van der Waals surface area contributed by atoms with Gasteiger partial charge >= 0.3 is 12.1 Å². The van der Waals surface area contributed by atoms with Crippen molar-refractivity contribution < 1.29 is 19.1 Å². The summed E-state index contributed by atoms with van der Waals surface area (Å²) in [6.07, 6.45) is 7.36. The number of halogens is 1. The summed E-state index contributed by atoms with van der Waals surface area (Å²) in [6, 6.07) is 7.05. The van der Waals surface area contributed by atoms with Crippen LogP contribution in [0.4, 0.5) is 4.79 Å². The number of hydrogen-bond acceptors (Lipinski definition) is 4. The van der Waals surface area contributed by atoms with E-state index < -0.39 is 23.7 Å². The van der Waals surface area contributed by atoms with Gasteiger partial charge in [-0.05, 0) is 70.6 Å². The Kier molecular flexibility index (Phi) is 7.90. The van der Waals surface area contributed by atoms with E-state index >= 15 is 0 Å². The lowest BCUT2D eigenvalue weighted by Crippen LogP contribution is -2.44. The zero-order valence-corrected chi connectivity index (χ0v) is 17.8. The van der Waals surface area contributed by atoms with Crippen LogP contribution >= 0.6 is 15.9 Å². The molecule has 0 aromatic heterocycles. The van der Waals surface area contributed by atoms with Gasteiger partial charge in [-0.1, -0.05) is 40.2 Å². The third-order valence-corrected chi connectivity index (χ3v) is 4.58. The molecular formula is C21H28BrNO4. The molecule has 1 amide bonds. The average Bonchev–Trinajstić information content (AvgIpc) is 3.05. The molecule has 1 atom stereocenters. The Hall–Kier alpha value is -1.82. The molecule has 0 radical (unpaired) electrons. The van der Waals surface area contributed by atoms with Crippen LogP contribution in [-0.2, 0) is 14.3 Å². The number of amides is 1. The van der Waals surface area contributed by atoms with Crippen molar-refractivity contribution in [1.82, 2.24) is 5.32 Å². The highest BCUT2D eigenvalue weighted by molar-refractivity contribution is 9.10. The molecule has 0 saturated heterocycles. The number of hydrogen-bond donors (Lipinski definition) is 1. The lowest BCUT2D eigenvalue weighted by Gasteiger charge is -2.23. The fourth-order valence-corrected chi connectivity index (χ4v) is 3.28. The van der Waals surface area contributed by atoms with Gasteiger partial charge in [-0.15, -0.1) is 0 Å². The van der Waals surface area contributed by atoms with Crippen molar-refractivity contribution >= 4 is 34.1 Å². The number of carbonyl (C=O) groups is 2. The Morgan fingerprint density at radius 2 is 2.00 bits per heavy atom. The van der Waals surface area contributed by atoms with Crippen molar-refractivity contribution in [1.29, 1.82) is 0 Å². The van der Waals surface area contributed by atoms with Crippen LogP contribution < -0.4 is 5.32 Å². The number of ether oxygens (including phenoxy) is 2. The molecule has 5 nitrogen and oxygen atoms in total. The summed E-state index contributed by atoms with van der Waals surface area (Å²) >= 11 is 3.43. The van der Waals surface area contributed by atoms with E-state index in [-0.39, 0.29) is 6.10 Å². The van der Waals surface area contributed by atoms with Gasteiger partial charge in [-0.25, -0.2) is 9.59 Å². The molecule has 0 heterocycles. The topological polar surface area (TPSA) is 64.6 Å². The van der Waals surface area contributed by atoms with Crippen LogP contribution in [0, 0.1) is 0 Å². The Balaban J connectivity index is 2.00. The lowest BCUT2D eigenvalue weighted by atomic mass is 10.1. The predicted octanol–water partition coefficient (Wildman–Crippen LogP) is 5.23. The van der Waals surface area contributed by atoms with Crippen molar-refractivity contribution in [2.24, 2.45) is 0 Å². The summed E-state index contributed by atoms with van der Waals surface area (Å²) in [5, 5.41) is 2.65. The molecule has 1 aliphatic carbocycles. The van der Waals surface area contributed by atoms with Crippen LogP contribution in [-0.4, -0.2) is 29.8 Å². The zero-order valence-electron chi connectivity index (χ0n) is 16.2. The summed E-state index contributed by atoms with van der Waals surface area (Å²) in [5.41, 5.74) is 0.375. The quantitative estimate of drug-likeness (QED) is 0.618. The van der Waals surface area contributed by atoms with E-state index in [2.05, 4.69) is 21.2 Å². The summed E-state index contributed by atoms with van der Waals surface area (Å²) in [6.45, 7) is 5.35. The minimum Gasteiger partial charge on any atom is -0.461 e. The van der Waals surface area contributed by atoms with E-state index in [0.717, 1.165) is 35.7 Å². The maximum absolute atomic E-state index is 12.6. The predicted molar refractivity (Wildman–Crippen MR) is 109 cm³/mol. The molecule has 1 aliphatic rings. The lowest BCUT2D eigenvalue weighted by molar-refractivity contribution is -0.151. The minimum atomic E-state index is -0.774. The van der Waals surface area contributed by atoms with Crippen molar-refractivity contribution in [3.63, 3.8) is 0 Å². The maximum atomic E-state index is 12.6. The van der Waals surface area contributed by atoms with Gasteiger partial charge in [0.05, 0.1) is 0 Å². The van der Waals surface area contributed by atoms with E-state index in [4.69, 9.17) is 9.47 Å². The van der Waals surface area contributed by atoms with Gasteiger partial charge in [-0.2, -0.15) is 0 Å². The SMILES string of the molecule is CC(C)(C)OC(=O)N[C@@H](C/C=C/c1cccc(Br)c1)C(=O)OC1CCCC1. The van der Waals surface area contributed by atoms with Crippen molar-refractivity contribution in [3.05, 3.63) is 40.4 Å². The average molecular weight is 438 g/mol. The first kappa shape index (κ1) is 21.5. The third-order valence-electron chi connectivity index (χ3n) is 4.09. The Bertz CT molecular complexity index is 675. The van der Waals surface area contributed by atoms with E-state index in [1.165, 1.54) is 0 Å². The molecule has 1 fully saturated rings. The largest absolute Gasteiger partial charge is 0.461 e. The highest BCUT2D eigenvalue weighted by Gasteiger charge is 2.28. The summed E-state index contributed by atoms with van der Waals surface area (Å²) in [5.74, 6) is -0.411. The molecule has 1 saturated carbocycles. The van der Waals surface area contributed by atoms with Crippen LogP contribution in [0.25, 0.3) is 6.08 Å². The van der Waals surface area contributed by atoms with Gasteiger partial charge in [0.15, 0.2) is 0 Å². The Morgan fingerprint density at radius 3 is 2.63 bits per heavy atom. The van der Waals surface area contributed by atoms with E-state index in [9.17, 15) is 9.59 Å². The number of alkyl carbamates (subject to hydrolysis) is 1. The molecule has 27 heavy (non-hydrogen) atoms. The summed E-state index contributed by atoms with van der Waals surface area (Å²) < 4.78 is 11.8. The van der Waals surface area contributed by atoms with Gasteiger partial charge in [0.2, 0.25) is 0 Å². The molecule has 1 aromatic carbocycles. The normalized spacial score (nSPS) is 16.3. The van der Waals surface area contributed by atoms with Crippen LogP contribution in [0.3, 0.4) is 0 Å². The van der Waals surface area contributed by atoms with Crippen molar-refractivity contribution in [3.8, 4) is 0 Å². The fraction of sp³-hybridized carbons (Fsp3) is 0.524. The third kappa shape index (κ3) is 8.16. The molecule has 0 unspecified atom stereocenters. The van der Waals surface area contributed by atoms with E-state index in [1.807, 2.05) is 36.4 Å². The molecular weight excluding hydrogens is 410 g/mol. The first-order valence-corrected chi connectivity index (χ1v) is 10.1.